The fourth-order valence-electron chi connectivity index (χ4n) is 1.28. The largest absolute Gasteiger partial charge is 0.382 e. The SMILES string of the molecule is CCCC(Cl)CNCCOCCOCCOC. The Morgan fingerprint density at radius 1 is 1.06 bits per heavy atom. The molecule has 0 amide bonds. The Balaban J connectivity index is 2.98. The van der Waals surface area contributed by atoms with Crippen LogP contribution in [0.1, 0.15) is 19.8 Å². The van der Waals surface area contributed by atoms with Gasteiger partial charge in [-0.15, -0.1) is 11.6 Å². The second-order valence-corrected chi connectivity index (χ2v) is 4.42. The maximum atomic E-state index is 6.06. The van der Waals surface area contributed by atoms with Crippen LogP contribution < -0.4 is 5.32 Å². The maximum absolute atomic E-state index is 6.06. The van der Waals surface area contributed by atoms with Gasteiger partial charge in [-0.1, -0.05) is 13.3 Å². The van der Waals surface area contributed by atoms with Gasteiger partial charge in [0, 0.05) is 25.6 Å². The molecule has 0 rings (SSSR count). The molecule has 0 aliphatic heterocycles. The zero-order valence-electron chi connectivity index (χ0n) is 11.0. The quantitative estimate of drug-likeness (QED) is 0.407. The number of rotatable bonds is 13. The first-order valence-electron chi connectivity index (χ1n) is 6.30. The van der Waals surface area contributed by atoms with Crippen molar-refractivity contribution in [1.82, 2.24) is 5.32 Å². The van der Waals surface area contributed by atoms with Crippen LogP contribution in [0.4, 0.5) is 0 Å². The monoisotopic (exact) mass is 267 g/mol. The van der Waals surface area contributed by atoms with Gasteiger partial charge in [0.05, 0.1) is 33.0 Å². The Morgan fingerprint density at radius 2 is 1.71 bits per heavy atom. The van der Waals surface area contributed by atoms with Crippen LogP contribution in [0.25, 0.3) is 0 Å². The lowest BCUT2D eigenvalue weighted by molar-refractivity contribution is 0.0256. The maximum Gasteiger partial charge on any atom is 0.0701 e. The Morgan fingerprint density at radius 3 is 2.35 bits per heavy atom. The fraction of sp³-hybridized carbons (Fsp3) is 1.00. The molecule has 1 atom stereocenters. The minimum Gasteiger partial charge on any atom is -0.382 e. The molecule has 0 radical (unpaired) electrons. The highest BCUT2D eigenvalue weighted by Crippen LogP contribution is 2.02. The molecule has 0 saturated carbocycles. The molecule has 0 aromatic heterocycles. The standard InChI is InChI=1S/C12H26ClNO3/c1-3-4-12(13)11-14-5-6-16-9-10-17-8-7-15-2/h12,14H,3-11H2,1-2H3. The van der Waals surface area contributed by atoms with Crippen LogP contribution in [0.2, 0.25) is 0 Å². The summed E-state index contributed by atoms with van der Waals surface area (Å²) < 4.78 is 15.5. The van der Waals surface area contributed by atoms with Crippen LogP contribution in [-0.4, -0.2) is 58.6 Å². The van der Waals surface area contributed by atoms with Gasteiger partial charge in [-0.2, -0.15) is 0 Å². The molecular weight excluding hydrogens is 242 g/mol. The van der Waals surface area contributed by atoms with E-state index in [0.29, 0.717) is 33.0 Å². The van der Waals surface area contributed by atoms with E-state index in [1.54, 1.807) is 7.11 Å². The van der Waals surface area contributed by atoms with Gasteiger partial charge in [-0.3, -0.25) is 0 Å². The number of hydrogen-bond acceptors (Lipinski definition) is 4. The van der Waals surface area contributed by atoms with Crippen LogP contribution in [0.15, 0.2) is 0 Å². The second-order valence-electron chi connectivity index (χ2n) is 3.81. The van der Waals surface area contributed by atoms with Crippen molar-refractivity contribution in [2.45, 2.75) is 25.1 Å². The summed E-state index contributed by atoms with van der Waals surface area (Å²) in [5, 5.41) is 3.50. The highest BCUT2D eigenvalue weighted by molar-refractivity contribution is 6.20. The van der Waals surface area contributed by atoms with E-state index in [0.717, 1.165) is 25.9 Å². The van der Waals surface area contributed by atoms with Gasteiger partial charge in [0.1, 0.15) is 0 Å². The Kier molecular flexibility index (Phi) is 14.3. The third-order valence-corrected chi connectivity index (χ3v) is 2.57. The minimum absolute atomic E-state index is 0.234. The molecule has 17 heavy (non-hydrogen) atoms. The lowest BCUT2D eigenvalue weighted by Gasteiger charge is -2.10. The molecule has 4 nitrogen and oxygen atoms in total. The molecule has 0 spiro atoms. The highest BCUT2D eigenvalue weighted by atomic mass is 35.5. The predicted molar refractivity (Wildman–Crippen MR) is 70.9 cm³/mol. The molecule has 0 aliphatic carbocycles. The summed E-state index contributed by atoms with van der Waals surface area (Å²) in [7, 11) is 1.66. The van der Waals surface area contributed by atoms with Gasteiger partial charge >= 0.3 is 0 Å². The van der Waals surface area contributed by atoms with E-state index in [4.69, 9.17) is 25.8 Å². The Labute approximate surface area is 110 Å². The van der Waals surface area contributed by atoms with Gasteiger partial charge in [0.15, 0.2) is 0 Å². The first-order valence-corrected chi connectivity index (χ1v) is 6.74. The smallest absolute Gasteiger partial charge is 0.0701 e. The van der Waals surface area contributed by atoms with Gasteiger partial charge in [0.2, 0.25) is 0 Å². The fourth-order valence-corrected chi connectivity index (χ4v) is 1.61. The number of hydrogen-bond donors (Lipinski definition) is 1. The summed E-state index contributed by atoms with van der Waals surface area (Å²) in [5.74, 6) is 0. The van der Waals surface area contributed by atoms with Gasteiger partial charge in [0.25, 0.3) is 0 Å². The molecule has 0 aliphatic rings. The molecule has 5 heteroatoms. The first kappa shape index (κ1) is 17.1. The number of halogens is 1. The molecule has 0 bridgehead atoms. The van der Waals surface area contributed by atoms with Gasteiger partial charge in [-0.25, -0.2) is 0 Å². The molecule has 0 heterocycles. The zero-order chi connectivity index (χ0) is 12.8. The summed E-state index contributed by atoms with van der Waals surface area (Å²) in [6.07, 6.45) is 2.19. The van der Waals surface area contributed by atoms with Crippen molar-refractivity contribution < 1.29 is 14.2 Å². The molecule has 0 saturated heterocycles. The topological polar surface area (TPSA) is 39.7 Å². The van der Waals surface area contributed by atoms with Crippen LogP contribution in [-0.2, 0) is 14.2 Å². The number of methoxy groups -OCH3 is 1. The summed E-state index contributed by atoms with van der Waals surface area (Å²) in [5.41, 5.74) is 0. The van der Waals surface area contributed by atoms with E-state index in [-0.39, 0.29) is 5.38 Å². The summed E-state index contributed by atoms with van der Waals surface area (Å²) in [6, 6.07) is 0. The van der Waals surface area contributed by atoms with Crippen LogP contribution in [0.3, 0.4) is 0 Å². The predicted octanol–water partition coefficient (Wildman–Crippen LogP) is 1.66. The van der Waals surface area contributed by atoms with E-state index in [2.05, 4.69) is 12.2 Å². The van der Waals surface area contributed by atoms with Gasteiger partial charge < -0.3 is 19.5 Å². The summed E-state index contributed by atoms with van der Waals surface area (Å²) in [6.45, 7) is 7.04. The molecule has 0 aromatic carbocycles. The number of ether oxygens (including phenoxy) is 3. The van der Waals surface area contributed by atoms with Crippen molar-refractivity contribution in [3.63, 3.8) is 0 Å². The highest BCUT2D eigenvalue weighted by Gasteiger charge is 2.01. The normalized spacial score (nSPS) is 12.9. The van der Waals surface area contributed by atoms with E-state index in [9.17, 15) is 0 Å². The average Bonchev–Trinajstić information content (AvgIpc) is 2.32. The average molecular weight is 268 g/mol. The number of alkyl halides is 1. The lowest BCUT2D eigenvalue weighted by Crippen LogP contribution is -2.27. The Hall–Kier alpha value is 0.130. The van der Waals surface area contributed by atoms with Crippen molar-refractivity contribution in [3.8, 4) is 0 Å². The summed E-state index contributed by atoms with van der Waals surface area (Å²) >= 11 is 6.06. The van der Waals surface area contributed by atoms with E-state index >= 15 is 0 Å². The van der Waals surface area contributed by atoms with Crippen molar-refractivity contribution in [3.05, 3.63) is 0 Å². The van der Waals surface area contributed by atoms with Crippen molar-refractivity contribution >= 4 is 11.6 Å². The summed E-state index contributed by atoms with van der Waals surface area (Å²) in [4.78, 5) is 0. The van der Waals surface area contributed by atoms with Gasteiger partial charge in [-0.05, 0) is 6.42 Å². The Bertz CT molecular complexity index is 150. The van der Waals surface area contributed by atoms with Crippen LogP contribution in [0.5, 0.6) is 0 Å². The molecule has 0 fully saturated rings. The number of nitrogens with one attached hydrogen (secondary N) is 1. The van der Waals surface area contributed by atoms with Crippen molar-refractivity contribution in [2.75, 3.05) is 53.2 Å². The molecule has 1 unspecified atom stereocenters. The van der Waals surface area contributed by atoms with Crippen molar-refractivity contribution in [1.29, 1.82) is 0 Å². The third-order valence-electron chi connectivity index (χ3n) is 2.19. The molecule has 0 aromatic rings. The van der Waals surface area contributed by atoms with Crippen molar-refractivity contribution in [2.24, 2.45) is 0 Å². The minimum atomic E-state index is 0.234. The molecular formula is C12H26ClNO3. The zero-order valence-corrected chi connectivity index (χ0v) is 11.8. The molecule has 104 valence electrons. The second kappa shape index (κ2) is 14.2. The first-order chi connectivity index (χ1) is 8.31. The van der Waals surface area contributed by atoms with E-state index < -0.39 is 0 Å². The van der Waals surface area contributed by atoms with Crippen LogP contribution in [0, 0.1) is 0 Å². The van der Waals surface area contributed by atoms with E-state index in [1.807, 2.05) is 0 Å². The molecule has 1 N–H and O–H groups in total. The van der Waals surface area contributed by atoms with Crippen LogP contribution >= 0.6 is 11.6 Å². The lowest BCUT2D eigenvalue weighted by atomic mass is 10.2. The van der Waals surface area contributed by atoms with E-state index in [1.165, 1.54) is 0 Å². The third kappa shape index (κ3) is 14.1.